The zero-order chi connectivity index (χ0) is 33.7. The molecule has 0 unspecified atom stereocenters. The van der Waals surface area contributed by atoms with Gasteiger partial charge in [-0.2, -0.15) is 4.31 Å². The van der Waals surface area contributed by atoms with Crippen LogP contribution in [0, 0.1) is 0 Å². The number of sulfonamides is 1. The minimum absolute atomic E-state index is 0.0299. The van der Waals surface area contributed by atoms with Crippen LogP contribution in [-0.2, 0) is 16.6 Å². The minimum Gasteiger partial charge on any atom is -0.439 e. The minimum atomic E-state index is -3.63. The number of amides is 2. The lowest BCUT2D eigenvalue weighted by Crippen LogP contribution is -2.49. The second-order valence-corrected chi connectivity index (χ2v) is 14.7. The van der Waals surface area contributed by atoms with Crippen LogP contribution in [0.3, 0.4) is 0 Å². The van der Waals surface area contributed by atoms with Crippen molar-refractivity contribution in [1.29, 1.82) is 0 Å². The molecule has 0 radical (unpaired) electrons. The van der Waals surface area contributed by atoms with Gasteiger partial charge >= 0.3 is 6.03 Å². The summed E-state index contributed by atoms with van der Waals surface area (Å²) in [6.45, 7) is 2.87. The van der Waals surface area contributed by atoms with Gasteiger partial charge in [0.25, 0.3) is 0 Å². The van der Waals surface area contributed by atoms with Crippen molar-refractivity contribution in [1.82, 2.24) is 19.2 Å². The van der Waals surface area contributed by atoms with Crippen molar-refractivity contribution in [3.8, 4) is 11.6 Å². The molecule has 0 atom stereocenters. The smallest absolute Gasteiger partial charge is 0.327 e. The molecule has 6 rings (SSSR count). The molecule has 0 aliphatic carbocycles. The van der Waals surface area contributed by atoms with Crippen LogP contribution in [0.5, 0.6) is 11.6 Å². The second kappa shape index (κ2) is 15.2. The summed E-state index contributed by atoms with van der Waals surface area (Å²) < 4.78 is 33.2. The molecule has 252 valence electrons. The first-order valence-corrected chi connectivity index (χ1v) is 17.9. The number of aliphatic hydroxyl groups excluding tert-OH is 1. The Labute approximate surface area is 290 Å². The summed E-state index contributed by atoms with van der Waals surface area (Å²) in [5.74, 6) is 1.30. The first-order valence-electron chi connectivity index (χ1n) is 15.7. The summed E-state index contributed by atoms with van der Waals surface area (Å²) in [5.41, 5.74) is 1.78. The van der Waals surface area contributed by atoms with E-state index in [4.69, 9.17) is 27.9 Å². The predicted octanol–water partition coefficient (Wildman–Crippen LogP) is 6.42. The third-order valence-corrected chi connectivity index (χ3v) is 10.9. The molecule has 48 heavy (non-hydrogen) atoms. The molecular formula is C34H36Cl2N6O5S. The van der Waals surface area contributed by atoms with E-state index in [0.717, 1.165) is 37.2 Å². The van der Waals surface area contributed by atoms with Crippen LogP contribution in [0.1, 0.15) is 31.2 Å². The van der Waals surface area contributed by atoms with E-state index >= 15 is 0 Å². The van der Waals surface area contributed by atoms with Gasteiger partial charge in [-0.05, 0) is 91.9 Å². The highest BCUT2D eigenvalue weighted by atomic mass is 35.5. The van der Waals surface area contributed by atoms with E-state index in [0.29, 0.717) is 60.0 Å². The standard InChI is InChI=1S/C34H36Cl2N6O5S/c35-25-2-5-27(6-3-25)42(34(44)39-32-11-4-26(36)22-37-32)28-13-17-40(18-14-28)23-24-1-12-33(38-21-24)47-30-7-9-31(10-8-30)48(45,46)41-19-15-29(43)16-20-41/h1-12,21-22,28-29,43H,13-20,23H2,(H,37,39,44). The topological polar surface area (TPSA) is 128 Å². The number of ether oxygens (including phenoxy) is 1. The summed E-state index contributed by atoms with van der Waals surface area (Å²) in [5, 5.41) is 13.7. The number of anilines is 2. The van der Waals surface area contributed by atoms with Gasteiger partial charge in [-0.25, -0.2) is 23.2 Å². The Hall–Kier alpha value is -3.78. The van der Waals surface area contributed by atoms with Gasteiger partial charge < -0.3 is 9.84 Å². The Kier molecular flexibility index (Phi) is 10.8. The molecule has 4 heterocycles. The molecule has 2 aromatic carbocycles. The van der Waals surface area contributed by atoms with Crippen molar-refractivity contribution < 1.29 is 23.1 Å². The molecular weight excluding hydrogens is 675 g/mol. The Morgan fingerprint density at radius 3 is 2.17 bits per heavy atom. The number of nitrogens with zero attached hydrogens (tertiary/aromatic N) is 5. The van der Waals surface area contributed by atoms with Crippen LogP contribution in [0.4, 0.5) is 16.3 Å². The fourth-order valence-corrected chi connectivity index (χ4v) is 7.61. The molecule has 2 fully saturated rings. The fourth-order valence-electron chi connectivity index (χ4n) is 5.91. The highest BCUT2D eigenvalue weighted by molar-refractivity contribution is 7.89. The van der Waals surface area contributed by atoms with Crippen LogP contribution in [-0.4, -0.2) is 77.1 Å². The number of rotatable bonds is 9. The van der Waals surface area contributed by atoms with Crippen LogP contribution in [0.2, 0.25) is 10.0 Å². The summed E-state index contributed by atoms with van der Waals surface area (Å²) in [7, 11) is -3.63. The van der Waals surface area contributed by atoms with E-state index in [-0.39, 0.29) is 17.0 Å². The molecule has 14 heteroatoms. The first-order chi connectivity index (χ1) is 23.1. The maximum atomic E-state index is 13.5. The summed E-state index contributed by atoms with van der Waals surface area (Å²) >= 11 is 12.1. The number of hydrogen-bond donors (Lipinski definition) is 2. The van der Waals surface area contributed by atoms with Gasteiger partial charge in [0.15, 0.2) is 0 Å². The highest BCUT2D eigenvalue weighted by Crippen LogP contribution is 2.28. The van der Waals surface area contributed by atoms with Gasteiger partial charge in [-0.3, -0.25) is 15.1 Å². The SMILES string of the molecule is O=C(Nc1ccc(Cl)cn1)N(c1ccc(Cl)cc1)C1CCN(Cc2ccc(Oc3ccc(S(=O)(=O)N4CCC(O)CC4)cc3)nc2)CC1. The zero-order valence-electron chi connectivity index (χ0n) is 26.1. The number of carbonyl (C=O) groups is 1. The molecule has 0 saturated carbocycles. The number of piperidine rings is 2. The molecule has 2 N–H and O–H groups in total. The Balaban J connectivity index is 1.03. The van der Waals surface area contributed by atoms with Crippen molar-refractivity contribution in [2.24, 2.45) is 0 Å². The third kappa shape index (κ3) is 8.43. The fraction of sp³-hybridized carbons (Fsp3) is 0.324. The summed E-state index contributed by atoms with van der Waals surface area (Å²) in [6.07, 6.45) is 5.23. The molecule has 11 nitrogen and oxygen atoms in total. The molecule has 2 aromatic heterocycles. The average Bonchev–Trinajstić information content (AvgIpc) is 3.09. The number of aliphatic hydroxyl groups is 1. The van der Waals surface area contributed by atoms with Gasteiger partial charge in [0.2, 0.25) is 15.9 Å². The van der Waals surface area contributed by atoms with Gasteiger partial charge in [0.1, 0.15) is 11.6 Å². The second-order valence-electron chi connectivity index (χ2n) is 11.9. The Morgan fingerprint density at radius 2 is 1.54 bits per heavy atom. The third-order valence-electron chi connectivity index (χ3n) is 8.52. The zero-order valence-corrected chi connectivity index (χ0v) is 28.4. The first kappa shape index (κ1) is 34.1. The van der Waals surface area contributed by atoms with E-state index < -0.39 is 16.1 Å². The lowest BCUT2D eigenvalue weighted by molar-refractivity contribution is 0.113. The maximum Gasteiger partial charge on any atom is 0.327 e. The van der Waals surface area contributed by atoms with Gasteiger partial charge in [-0.1, -0.05) is 29.3 Å². The maximum absolute atomic E-state index is 13.5. The molecule has 2 aliphatic rings. The van der Waals surface area contributed by atoms with E-state index in [9.17, 15) is 18.3 Å². The van der Waals surface area contributed by atoms with Crippen molar-refractivity contribution in [3.05, 3.63) is 101 Å². The van der Waals surface area contributed by atoms with Gasteiger partial charge in [-0.15, -0.1) is 0 Å². The molecule has 0 bridgehead atoms. The normalized spacial score (nSPS) is 16.8. The number of hydrogen-bond acceptors (Lipinski definition) is 8. The number of urea groups is 1. The predicted molar refractivity (Wildman–Crippen MR) is 185 cm³/mol. The van der Waals surface area contributed by atoms with Gasteiger partial charge in [0.05, 0.1) is 16.0 Å². The number of likely N-dealkylation sites (tertiary alicyclic amines) is 1. The Morgan fingerprint density at radius 1 is 0.854 bits per heavy atom. The monoisotopic (exact) mass is 710 g/mol. The quantitative estimate of drug-likeness (QED) is 0.204. The highest BCUT2D eigenvalue weighted by Gasteiger charge is 2.30. The van der Waals surface area contributed by atoms with Crippen molar-refractivity contribution in [3.63, 3.8) is 0 Å². The lowest BCUT2D eigenvalue weighted by atomic mass is 10.0. The summed E-state index contributed by atoms with van der Waals surface area (Å²) in [6, 6.07) is 20.3. The largest absolute Gasteiger partial charge is 0.439 e. The van der Waals surface area contributed by atoms with E-state index in [1.54, 1.807) is 53.6 Å². The number of nitrogens with one attached hydrogen (secondary N) is 1. The lowest BCUT2D eigenvalue weighted by Gasteiger charge is -2.38. The Bertz CT molecular complexity index is 1780. The van der Waals surface area contributed by atoms with E-state index in [1.165, 1.54) is 22.6 Å². The molecule has 0 spiro atoms. The van der Waals surface area contributed by atoms with Crippen molar-refractivity contribution in [2.75, 3.05) is 36.4 Å². The number of benzene rings is 2. The average molecular weight is 712 g/mol. The summed E-state index contributed by atoms with van der Waals surface area (Å²) in [4.78, 5) is 26.5. The van der Waals surface area contributed by atoms with Crippen molar-refractivity contribution >= 4 is 50.8 Å². The molecule has 2 amide bonds. The number of carbonyl (C=O) groups excluding carboxylic acids is 1. The van der Waals surface area contributed by atoms with Crippen LogP contribution < -0.4 is 15.0 Å². The number of halogens is 2. The number of aromatic nitrogens is 2. The number of pyridine rings is 2. The van der Waals surface area contributed by atoms with Crippen LogP contribution in [0.15, 0.2) is 90.1 Å². The van der Waals surface area contributed by atoms with E-state index in [1.807, 2.05) is 18.2 Å². The molecule has 2 aliphatic heterocycles. The van der Waals surface area contributed by atoms with Crippen molar-refractivity contribution in [2.45, 2.75) is 49.3 Å². The molecule has 2 saturated heterocycles. The van der Waals surface area contributed by atoms with E-state index in [2.05, 4.69) is 20.2 Å². The molecule has 4 aromatic rings. The van der Waals surface area contributed by atoms with Gasteiger partial charge in [0, 0.05) is 67.9 Å². The van der Waals surface area contributed by atoms with Crippen LogP contribution >= 0.6 is 23.2 Å². The van der Waals surface area contributed by atoms with Crippen LogP contribution in [0.25, 0.3) is 0 Å².